The van der Waals surface area contributed by atoms with Crippen molar-refractivity contribution in [3.63, 3.8) is 0 Å². The summed E-state index contributed by atoms with van der Waals surface area (Å²) in [5.74, 6) is 0.862. The van der Waals surface area contributed by atoms with E-state index in [4.69, 9.17) is 4.42 Å². The van der Waals surface area contributed by atoms with E-state index in [1.165, 1.54) is 5.57 Å². The lowest BCUT2D eigenvalue weighted by atomic mass is 10.1. The third-order valence-corrected chi connectivity index (χ3v) is 3.05. The van der Waals surface area contributed by atoms with E-state index in [9.17, 15) is 0 Å². The van der Waals surface area contributed by atoms with Crippen molar-refractivity contribution in [1.82, 2.24) is 15.1 Å². The molecule has 0 atom stereocenters. The fourth-order valence-corrected chi connectivity index (χ4v) is 2.13. The molecule has 4 nitrogen and oxygen atoms in total. The smallest absolute Gasteiger partial charge is 0.151 e. The van der Waals surface area contributed by atoms with Gasteiger partial charge >= 0.3 is 0 Å². The van der Waals surface area contributed by atoms with Crippen LogP contribution >= 0.6 is 0 Å². The molecule has 2 aromatic rings. The largest absolute Gasteiger partial charge is 0.463 e. The van der Waals surface area contributed by atoms with E-state index in [1.807, 2.05) is 23.9 Å². The second-order valence-corrected chi connectivity index (χ2v) is 4.20. The fourth-order valence-electron chi connectivity index (χ4n) is 2.13. The van der Waals surface area contributed by atoms with Gasteiger partial charge in [0.05, 0.1) is 12.0 Å². The van der Waals surface area contributed by atoms with Crippen molar-refractivity contribution in [1.29, 1.82) is 0 Å². The van der Waals surface area contributed by atoms with Crippen LogP contribution in [0.25, 0.3) is 17.0 Å². The van der Waals surface area contributed by atoms with Crippen LogP contribution in [0.15, 0.2) is 35.0 Å². The van der Waals surface area contributed by atoms with E-state index in [0.717, 1.165) is 36.7 Å². The molecule has 3 rings (SSSR count). The van der Waals surface area contributed by atoms with Gasteiger partial charge in [0.1, 0.15) is 5.69 Å². The highest BCUT2D eigenvalue weighted by molar-refractivity contribution is 5.68. The van der Waals surface area contributed by atoms with Crippen LogP contribution < -0.4 is 5.32 Å². The Morgan fingerprint density at radius 2 is 2.41 bits per heavy atom. The van der Waals surface area contributed by atoms with E-state index in [0.29, 0.717) is 0 Å². The van der Waals surface area contributed by atoms with E-state index >= 15 is 0 Å². The Bertz CT molecular complexity index is 537. The van der Waals surface area contributed by atoms with Gasteiger partial charge in [0.25, 0.3) is 0 Å². The van der Waals surface area contributed by atoms with E-state index in [1.54, 1.807) is 6.26 Å². The lowest BCUT2D eigenvalue weighted by Gasteiger charge is -2.11. The molecule has 4 heteroatoms. The molecule has 3 heterocycles. The molecule has 0 saturated heterocycles. The Morgan fingerprint density at radius 3 is 3.12 bits per heavy atom. The van der Waals surface area contributed by atoms with Gasteiger partial charge in [-0.3, -0.25) is 4.68 Å². The maximum atomic E-state index is 5.41. The van der Waals surface area contributed by atoms with Gasteiger partial charge in [-0.15, -0.1) is 0 Å². The van der Waals surface area contributed by atoms with Crippen LogP contribution in [0.4, 0.5) is 0 Å². The predicted molar refractivity (Wildman–Crippen MR) is 66.4 cm³/mol. The first-order valence-electron chi connectivity index (χ1n) is 5.82. The van der Waals surface area contributed by atoms with Crippen LogP contribution in [0.1, 0.15) is 12.1 Å². The maximum absolute atomic E-state index is 5.41. The number of aromatic nitrogens is 2. The highest BCUT2D eigenvalue weighted by atomic mass is 16.3. The third kappa shape index (κ3) is 1.91. The van der Waals surface area contributed by atoms with Crippen molar-refractivity contribution >= 4 is 5.57 Å². The van der Waals surface area contributed by atoms with Crippen molar-refractivity contribution in [2.45, 2.75) is 6.42 Å². The molecule has 0 aromatic carbocycles. The Labute approximate surface area is 99.9 Å². The van der Waals surface area contributed by atoms with Crippen LogP contribution in [0, 0.1) is 0 Å². The monoisotopic (exact) mass is 229 g/mol. The summed E-state index contributed by atoms with van der Waals surface area (Å²) in [6.45, 7) is 1.96. The Hall–Kier alpha value is -1.81. The minimum Gasteiger partial charge on any atom is -0.463 e. The molecule has 0 fully saturated rings. The summed E-state index contributed by atoms with van der Waals surface area (Å²) in [6, 6.07) is 5.94. The molecule has 0 amide bonds. The van der Waals surface area contributed by atoms with Crippen molar-refractivity contribution < 1.29 is 4.42 Å². The molecule has 88 valence electrons. The average Bonchev–Trinajstić information content (AvgIpc) is 2.99. The highest BCUT2D eigenvalue weighted by Crippen LogP contribution is 2.25. The lowest BCUT2D eigenvalue weighted by molar-refractivity contribution is 0.573. The van der Waals surface area contributed by atoms with Crippen LogP contribution in [-0.4, -0.2) is 22.9 Å². The van der Waals surface area contributed by atoms with Gasteiger partial charge in [-0.1, -0.05) is 6.08 Å². The molecule has 17 heavy (non-hydrogen) atoms. The molecular weight excluding hydrogens is 214 g/mol. The van der Waals surface area contributed by atoms with Gasteiger partial charge in [0.15, 0.2) is 5.76 Å². The molecule has 0 unspecified atom stereocenters. The molecule has 1 N–H and O–H groups in total. The molecule has 0 saturated carbocycles. The van der Waals surface area contributed by atoms with Crippen LogP contribution in [0.3, 0.4) is 0 Å². The molecule has 0 bridgehead atoms. The number of hydrogen-bond acceptors (Lipinski definition) is 3. The lowest BCUT2D eigenvalue weighted by Crippen LogP contribution is -2.20. The second-order valence-electron chi connectivity index (χ2n) is 4.20. The van der Waals surface area contributed by atoms with E-state index in [2.05, 4.69) is 22.6 Å². The number of aryl methyl sites for hydroxylation is 1. The number of nitrogens with one attached hydrogen (secondary N) is 1. The standard InChI is InChI=1S/C13H15N3O/c1-16-12(13-3-2-8-17-13)9-11(15-16)10-4-6-14-7-5-10/h2-4,8-9,14H,5-7H2,1H3. The van der Waals surface area contributed by atoms with Crippen molar-refractivity contribution in [2.24, 2.45) is 7.05 Å². The number of nitrogens with zero attached hydrogens (tertiary/aromatic N) is 2. The molecule has 0 spiro atoms. The summed E-state index contributed by atoms with van der Waals surface area (Å²) in [6.07, 6.45) is 4.93. The number of rotatable bonds is 2. The van der Waals surface area contributed by atoms with Gasteiger partial charge < -0.3 is 9.73 Å². The summed E-state index contributed by atoms with van der Waals surface area (Å²) in [4.78, 5) is 0. The van der Waals surface area contributed by atoms with Crippen LogP contribution in [0.5, 0.6) is 0 Å². The summed E-state index contributed by atoms with van der Waals surface area (Å²) in [5, 5.41) is 7.85. The van der Waals surface area contributed by atoms with Crippen molar-refractivity contribution in [3.05, 3.63) is 36.2 Å². The summed E-state index contributed by atoms with van der Waals surface area (Å²) >= 11 is 0. The average molecular weight is 229 g/mol. The number of furan rings is 1. The summed E-state index contributed by atoms with van der Waals surface area (Å²) < 4.78 is 7.28. The second kappa shape index (κ2) is 4.22. The first-order chi connectivity index (χ1) is 8.34. The van der Waals surface area contributed by atoms with Gasteiger partial charge in [-0.2, -0.15) is 5.10 Å². The highest BCUT2D eigenvalue weighted by Gasteiger charge is 2.13. The summed E-state index contributed by atoms with van der Waals surface area (Å²) in [5.41, 5.74) is 3.39. The minimum absolute atomic E-state index is 0.862. The van der Waals surface area contributed by atoms with Gasteiger partial charge in [0.2, 0.25) is 0 Å². The first kappa shape index (κ1) is 10.4. The zero-order valence-corrected chi connectivity index (χ0v) is 9.81. The zero-order valence-electron chi connectivity index (χ0n) is 9.81. The normalized spacial score (nSPS) is 15.9. The fraction of sp³-hybridized carbons (Fsp3) is 0.308. The van der Waals surface area contributed by atoms with Crippen LogP contribution in [0.2, 0.25) is 0 Å². The molecule has 1 aliphatic rings. The first-order valence-corrected chi connectivity index (χ1v) is 5.82. The molecule has 2 aromatic heterocycles. The number of hydrogen-bond donors (Lipinski definition) is 1. The summed E-state index contributed by atoms with van der Waals surface area (Å²) in [7, 11) is 1.95. The predicted octanol–water partition coefficient (Wildman–Crippen LogP) is 2.06. The molecule has 1 aliphatic heterocycles. The van der Waals surface area contributed by atoms with Gasteiger partial charge in [-0.25, -0.2) is 0 Å². The molecule has 0 aliphatic carbocycles. The maximum Gasteiger partial charge on any atom is 0.151 e. The molecular formula is C13H15N3O. The SMILES string of the molecule is Cn1nc(C2=CCNCC2)cc1-c1ccco1. The van der Waals surface area contributed by atoms with E-state index in [-0.39, 0.29) is 0 Å². The van der Waals surface area contributed by atoms with Crippen molar-refractivity contribution in [3.8, 4) is 11.5 Å². The van der Waals surface area contributed by atoms with E-state index < -0.39 is 0 Å². The van der Waals surface area contributed by atoms with Gasteiger partial charge in [0, 0.05) is 13.6 Å². The van der Waals surface area contributed by atoms with Crippen LogP contribution in [-0.2, 0) is 7.05 Å². The quantitative estimate of drug-likeness (QED) is 0.857. The Balaban J connectivity index is 1.98. The minimum atomic E-state index is 0.862. The Kier molecular flexibility index (Phi) is 2.57. The zero-order chi connectivity index (χ0) is 11.7. The molecule has 0 radical (unpaired) electrons. The third-order valence-electron chi connectivity index (χ3n) is 3.05. The Morgan fingerprint density at radius 1 is 1.47 bits per heavy atom. The van der Waals surface area contributed by atoms with Crippen molar-refractivity contribution in [2.75, 3.05) is 13.1 Å². The topological polar surface area (TPSA) is 43.0 Å². The van der Waals surface area contributed by atoms with Gasteiger partial charge in [-0.05, 0) is 36.7 Å².